The van der Waals surface area contributed by atoms with Crippen molar-refractivity contribution in [3.63, 3.8) is 0 Å². The first kappa shape index (κ1) is 17.0. The molecule has 4 rings (SSSR count). The number of nitrogens with one attached hydrogen (secondary N) is 2. The summed E-state index contributed by atoms with van der Waals surface area (Å²) in [7, 11) is 0. The summed E-state index contributed by atoms with van der Waals surface area (Å²) in [5.41, 5.74) is 5.76. The lowest BCUT2D eigenvalue weighted by Gasteiger charge is -2.17. The Morgan fingerprint density at radius 3 is 2.37 bits per heavy atom. The molecule has 1 aromatic heterocycles. The van der Waals surface area contributed by atoms with Crippen LogP contribution in [0.3, 0.4) is 0 Å². The van der Waals surface area contributed by atoms with Gasteiger partial charge in [0, 0.05) is 5.56 Å². The summed E-state index contributed by atoms with van der Waals surface area (Å²) in [6.07, 6.45) is 0. The Balaban J connectivity index is 1.72. The Morgan fingerprint density at radius 1 is 0.926 bits per heavy atom. The highest BCUT2D eigenvalue weighted by atomic mass is 16.1. The lowest BCUT2D eigenvalue weighted by Crippen LogP contribution is -2.30. The number of benzene rings is 3. The van der Waals surface area contributed by atoms with Crippen LogP contribution in [-0.2, 0) is 0 Å². The summed E-state index contributed by atoms with van der Waals surface area (Å²) in [4.78, 5) is 20.9. The number of hydrogen-bond acceptors (Lipinski definition) is 2. The molecule has 1 heterocycles. The van der Waals surface area contributed by atoms with Crippen LogP contribution in [0.15, 0.2) is 72.8 Å². The number of aryl methyl sites for hydroxylation is 2. The van der Waals surface area contributed by atoms with Gasteiger partial charge in [0.1, 0.15) is 11.9 Å². The SMILES string of the molecule is Cc1ccc(C(=O)NC(c2ccccc2)c2nc3ccc(C)cc3[nH]2)cc1. The Labute approximate surface area is 158 Å². The van der Waals surface area contributed by atoms with Gasteiger partial charge in [0.05, 0.1) is 11.0 Å². The van der Waals surface area contributed by atoms with Crippen molar-refractivity contribution >= 4 is 16.9 Å². The predicted octanol–water partition coefficient (Wildman–Crippen LogP) is 4.70. The third-order valence-corrected chi connectivity index (χ3v) is 4.65. The van der Waals surface area contributed by atoms with Crippen molar-refractivity contribution in [3.8, 4) is 0 Å². The van der Waals surface area contributed by atoms with Crippen LogP contribution >= 0.6 is 0 Å². The minimum atomic E-state index is -0.354. The number of hydrogen-bond donors (Lipinski definition) is 2. The molecule has 134 valence electrons. The summed E-state index contributed by atoms with van der Waals surface area (Å²) >= 11 is 0. The second-order valence-electron chi connectivity index (χ2n) is 6.83. The lowest BCUT2D eigenvalue weighted by atomic mass is 10.1. The van der Waals surface area contributed by atoms with Gasteiger partial charge < -0.3 is 10.3 Å². The number of fused-ring (bicyclic) bond motifs is 1. The molecule has 1 atom stereocenters. The number of imidazole rings is 1. The van der Waals surface area contributed by atoms with E-state index >= 15 is 0 Å². The van der Waals surface area contributed by atoms with Crippen molar-refractivity contribution < 1.29 is 4.79 Å². The van der Waals surface area contributed by atoms with Crippen LogP contribution in [0.25, 0.3) is 11.0 Å². The largest absolute Gasteiger partial charge is 0.340 e. The summed E-state index contributed by atoms with van der Waals surface area (Å²) in [5.74, 6) is 0.600. The molecule has 27 heavy (non-hydrogen) atoms. The van der Waals surface area contributed by atoms with Crippen LogP contribution < -0.4 is 5.32 Å². The van der Waals surface area contributed by atoms with Crippen LogP contribution in [0.1, 0.15) is 38.9 Å². The number of H-pyrrole nitrogens is 1. The van der Waals surface area contributed by atoms with Gasteiger partial charge >= 0.3 is 0 Å². The van der Waals surface area contributed by atoms with E-state index in [0.717, 1.165) is 33.5 Å². The number of aromatic nitrogens is 2. The van der Waals surface area contributed by atoms with E-state index < -0.39 is 0 Å². The Bertz CT molecular complexity index is 1080. The van der Waals surface area contributed by atoms with E-state index in [9.17, 15) is 4.79 Å². The van der Waals surface area contributed by atoms with Crippen molar-refractivity contribution in [1.82, 2.24) is 15.3 Å². The van der Waals surface area contributed by atoms with E-state index in [2.05, 4.69) is 16.4 Å². The van der Waals surface area contributed by atoms with Gasteiger partial charge in [0.2, 0.25) is 0 Å². The number of carbonyl (C=O) groups excluding carboxylic acids is 1. The van der Waals surface area contributed by atoms with Gasteiger partial charge in [-0.3, -0.25) is 4.79 Å². The van der Waals surface area contributed by atoms with Crippen LogP contribution in [-0.4, -0.2) is 15.9 Å². The van der Waals surface area contributed by atoms with Gasteiger partial charge in [-0.1, -0.05) is 54.1 Å². The maximum Gasteiger partial charge on any atom is 0.252 e. The third kappa shape index (κ3) is 3.60. The Hall–Kier alpha value is -3.40. The average Bonchev–Trinajstić information content (AvgIpc) is 3.10. The van der Waals surface area contributed by atoms with Gasteiger partial charge in [0.15, 0.2) is 0 Å². The molecule has 0 bridgehead atoms. The molecule has 1 unspecified atom stereocenters. The summed E-state index contributed by atoms with van der Waals surface area (Å²) in [6, 6.07) is 23.2. The van der Waals surface area contributed by atoms with E-state index in [1.807, 2.05) is 80.6 Å². The number of rotatable bonds is 4. The van der Waals surface area contributed by atoms with Gasteiger partial charge in [-0.15, -0.1) is 0 Å². The first-order valence-electron chi connectivity index (χ1n) is 8.99. The molecule has 3 aromatic carbocycles. The van der Waals surface area contributed by atoms with E-state index in [1.165, 1.54) is 0 Å². The van der Waals surface area contributed by atoms with Crippen LogP contribution in [0.2, 0.25) is 0 Å². The normalized spacial score (nSPS) is 12.1. The molecule has 0 aliphatic heterocycles. The quantitative estimate of drug-likeness (QED) is 0.557. The fraction of sp³-hybridized carbons (Fsp3) is 0.130. The fourth-order valence-corrected chi connectivity index (χ4v) is 3.15. The minimum absolute atomic E-state index is 0.125. The molecule has 0 saturated carbocycles. The van der Waals surface area contributed by atoms with E-state index in [1.54, 1.807) is 0 Å². The average molecular weight is 355 g/mol. The Kier molecular flexibility index (Phi) is 4.47. The molecule has 0 aliphatic carbocycles. The molecule has 4 nitrogen and oxygen atoms in total. The van der Waals surface area contributed by atoms with Gasteiger partial charge in [-0.05, 0) is 49.2 Å². The van der Waals surface area contributed by atoms with Crippen molar-refractivity contribution in [3.05, 3.63) is 101 Å². The highest BCUT2D eigenvalue weighted by Gasteiger charge is 2.21. The predicted molar refractivity (Wildman–Crippen MR) is 108 cm³/mol. The standard InChI is InChI=1S/C23H21N3O/c1-15-8-11-18(12-9-15)23(27)26-21(17-6-4-3-5-7-17)22-24-19-13-10-16(2)14-20(19)25-22/h3-14,21H,1-2H3,(H,24,25)(H,26,27). The topological polar surface area (TPSA) is 57.8 Å². The molecule has 0 aliphatic rings. The molecule has 1 amide bonds. The third-order valence-electron chi connectivity index (χ3n) is 4.65. The monoisotopic (exact) mass is 355 g/mol. The lowest BCUT2D eigenvalue weighted by molar-refractivity contribution is 0.0941. The first-order chi connectivity index (χ1) is 13.1. The van der Waals surface area contributed by atoms with E-state index in [4.69, 9.17) is 4.98 Å². The number of nitrogens with zero attached hydrogens (tertiary/aromatic N) is 1. The maximum absolute atomic E-state index is 12.8. The molecule has 0 saturated heterocycles. The molecule has 4 aromatic rings. The fourth-order valence-electron chi connectivity index (χ4n) is 3.15. The maximum atomic E-state index is 12.8. The van der Waals surface area contributed by atoms with E-state index in [0.29, 0.717) is 5.56 Å². The summed E-state index contributed by atoms with van der Waals surface area (Å²) in [5, 5.41) is 3.13. The van der Waals surface area contributed by atoms with Crippen LogP contribution in [0.5, 0.6) is 0 Å². The van der Waals surface area contributed by atoms with Crippen molar-refractivity contribution in [2.24, 2.45) is 0 Å². The first-order valence-corrected chi connectivity index (χ1v) is 8.99. The molecule has 0 fully saturated rings. The van der Waals surface area contributed by atoms with Gasteiger partial charge in [-0.25, -0.2) is 4.98 Å². The number of aromatic amines is 1. The van der Waals surface area contributed by atoms with Gasteiger partial charge in [-0.2, -0.15) is 0 Å². The van der Waals surface area contributed by atoms with Crippen LogP contribution in [0.4, 0.5) is 0 Å². The van der Waals surface area contributed by atoms with Crippen molar-refractivity contribution in [2.75, 3.05) is 0 Å². The Morgan fingerprint density at radius 2 is 1.63 bits per heavy atom. The van der Waals surface area contributed by atoms with Crippen LogP contribution in [0, 0.1) is 13.8 Å². The highest BCUT2D eigenvalue weighted by molar-refractivity contribution is 5.94. The molecule has 0 spiro atoms. The molecule has 2 N–H and O–H groups in total. The second kappa shape index (κ2) is 7.08. The molecular weight excluding hydrogens is 334 g/mol. The molecule has 0 radical (unpaired) electrons. The van der Waals surface area contributed by atoms with Crippen molar-refractivity contribution in [2.45, 2.75) is 19.9 Å². The number of carbonyl (C=O) groups is 1. The number of amides is 1. The summed E-state index contributed by atoms with van der Waals surface area (Å²) < 4.78 is 0. The van der Waals surface area contributed by atoms with Gasteiger partial charge in [0.25, 0.3) is 5.91 Å². The molecular formula is C23H21N3O. The minimum Gasteiger partial charge on any atom is -0.340 e. The second-order valence-corrected chi connectivity index (χ2v) is 6.83. The zero-order chi connectivity index (χ0) is 18.8. The highest BCUT2D eigenvalue weighted by Crippen LogP contribution is 2.23. The molecule has 4 heteroatoms. The van der Waals surface area contributed by atoms with E-state index in [-0.39, 0.29) is 11.9 Å². The zero-order valence-electron chi connectivity index (χ0n) is 15.4. The smallest absolute Gasteiger partial charge is 0.252 e. The zero-order valence-corrected chi connectivity index (χ0v) is 15.4. The summed E-state index contributed by atoms with van der Waals surface area (Å²) in [6.45, 7) is 4.05. The van der Waals surface area contributed by atoms with Crippen molar-refractivity contribution in [1.29, 1.82) is 0 Å².